The minimum Gasteiger partial charge on any atom is -0.481 e. The first-order chi connectivity index (χ1) is 29.1. The topological polar surface area (TPSA) is 246 Å². The predicted molar refractivity (Wildman–Crippen MR) is 229 cm³/mol. The number of nitrogens with zero attached hydrogens (tertiary/aromatic N) is 1. The fourth-order valence-corrected chi connectivity index (χ4v) is 8.42. The molecule has 324 valence electrons. The average Bonchev–Trinajstić information content (AvgIpc) is 3.22. The largest absolute Gasteiger partial charge is 0.481 e. The Bertz CT molecular complexity index is 2220. The maximum absolute atomic E-state index is 14.4. The van der Waals surface area contributed by atoms with Crippen molar-refractivity contribution in [2.75, 3.05) is 19.6 Å². The fraction of sp³-hybridized carbons (Fsp3) is 0.378. The maximum Gasteiger partial charge on any atom is 0.329 e. The number of primary amides is 1. The molecule has 1 heterocycles. The number of rotatable bonds is 21. The Morgan fingerprint density at radius 3 is 2.08 bits per heavy atom. The molecule has 0 aliphatic carbocycles. The van der Waals surface area contributed by atoms with Gasteiger partial charge in [-0.25, -0.2) is 0 Å². The van der Waals surface area contributed by atoms with Crippen LogP contribution >= 0.6 is 7.60 Å². The molecule has 4 aromatic carbocycles. The maximum atomic E-state index is 14.4. The van der Waals surface area contributed by atoms with Gasteiger partial charge in [0.05, 0.1) is 24.9 Å². The summed E-state index contributed by atoms with van der Waals surface area (Å²) in [6, 6.07) is 28.4. The van der Waals surface area contributed by atoms with Gasteiger partial charge in [0.15, 0.2) is 0 Å². The normalized spacial score (nSPS) is 14.7. The quantitative estimate of drug-likeness (QED) is 0.0473. The van der Waals surface area contributed by atoms with Crippen LogP contribution in [-0.4, -0.2) is 86.5 Å². The fourth-order valence-electron chi connectivity index (χ4n) is 7.73. The van der Waals surface area contributed by atoms with Crippen molar-refractivity contribution in [3.05, 3.63) is 119 Å². The number of carbonyl (C=O) groups excluding carboxylic acids is 5. The molecule has 2 atom stereocenters. The highest BCUT2D eigenvalue weighted by atomic mass is 31.2. The molecule has 0 spiro atoms. The Kier molecular flexibility index (Phi) is 16.3. The lowest BCUT2D eigenvalue weighted by Crippen LogP contribution is -2.66. The summed E-state index contributed by atoms with van der Waals surface area (Å²) in [5, 5.41) is 20.2. The van der Waals surface area contributed by atoms with Gasteiger partial charge in [0, 0.05) is 26.1 Å². The Labute approximate surface area is 354 Å². The van der Waals surface area contributed by atoms with Gasteiger partial charge < -0.3 is 41.5 Å². The zero-order valence-corrected chi connectivity index (χ0v) is 34.9. The first-order valence-electron chi connectivity index (χ1n) is 20.4. The summed E-state index contributed by atoms with van der Waals surface area (Å²) in [7, 11) is -4.34. The number of benzene rings is 4. The lowest BCUT2D eigenvalue weighted by molar-refractivity contribution is -0.145. The molecule has 0 saturated carbocycles. The van der Waals surface area contributed by atoms with Crippen LogP contribution in [0.2, 0.25) is 0 Å². The molecule has 61 heavy (non-hydrogen) atoms. The number of hydrogen-bond donors (Lipinski definition) is 7. The summed E-state index contributed by atoms with van der Waals surface area (Å²) in [6.45, 7) is 0.375. The summed E-state index contributed by atoms with van der Waals surface area (Å²) in [6.07, 6.45) is 0.932. The van der Waals surface area contributed by atoms with Crippen LogP contribution in [0, 0.1) is 5.92 Å². The number of hydrogen-bond acceptors (Lipinski definition) is 7. The Balaban J connectivity index is 1.30. The van der Waals surface area contributed by atoms with E-state index in [1.807, 2.05) is 72.8 Å². The van der Waals surface area contributed by atoms with Gasteiger partial charge >= 0.3 is 13.6 Å². The van der Waals surface area contributed by atoms with Gasteiger partial charge in [-0.2, -0.15) is 0 Å². The van der Waals surface area contributed by atoms with Crippen LogP contribution in [0.15, 0.2) is 97.1 Å². The lowest BCUT2D eigenvalue weighted by Gasteiger charge is -2.42. The number of nitrogens with two attached hydrogens (primary N) is 1. The molecule has 15 nitrogen and oxygen atoms in total. The van der Waals surface area contributed by atoms with Crippen LogP contribution < -0.4 is 21.7 Å². The van der Waals surface area contributed by atoms with Crippen LogP contribution in [-0.2, 0) is 58.8 Å². The number of aryl methyl sites for hydroxylation is 2. The Morgan fingerprint density at radius 2 is 1.41 bits per heavy atom. The highest BCUT2D eigenvalue weighted by molar-refractivity contribution is 7.50. The third-order valence-corrected chi connectivity index (χ3v) is 11.8. The molecule has 0 bridgehead atoms. The van der Waals surface area contributed by atoms with E-state index in [0.29, 0.717) is 36.8 Å². The van der Waals surface area contributed by atoms with Crippen molar-refractivity contribution in [1.82, 2.24) is 20.9 Å². The van der Waals surface area contributed by atoms with Crippen LogP contribution in [0.4, 0.5) is 0 Å². The van der Waals surface area contributed by atoms with Crippen molar-refractivity contribution >= 4 is 53.9 Å². The van der Waals surface area contributed by atoms with Crippen molar-refractivity contribution in [1.29, 1.82) is 0 Å². The van der Waals surface area contributed by atoms with E-state index in [4.69, 9.17) is 5.73 Å². The van der Waals surface area contributed by atoms with E-state index >= 15 is 0 Å². The number of amides is 5. The van der Waals surface area contributed by atoms with Gasteiger partial charge in [-0.1, -0.05) is 97.1 Å². The number of aliphatic carboxylic acids is 1. The van der Waals surface area contributed by atoms with E-state index in [1.165, 1.54) is 12.1 Å². The monoisotopic (exact) mass is 855 g/mol. The van der Waals surface area contributed by atoms with Crippen molar-refractivity contribution < 1.29 is 48.2 Å². The summed E-state index contributed by atoms with van der Waals surface area (Å²) in [5.74, 6) is -5.63. The smallest absolute Gasteiger partial charge is 0.329 e. The molecular formula is C45H54N5O10P. The molecule has 16 heteroatoms. The van der Waals surface area contributed by atoms with Crippen LogP contribution in [0.5, 0.6) is 0 Å². The summed E-state index contributed by atoms with van der Waals surface area (Å²) in [5.41, 5.74) is 6.90. The SMILES string of the molecule is NC(=O)C[C@H](NC(=O)C1(NC(=O)[C@@H](CC(=O)O)Cc2ccc(CP(=O)(O)O)cc2)CCN(C(=O)CCCc2ccccc2)CC1)C(=O)NCCCc1cccc2ccccc12. The zero-order chi connectivity index (χ0) is 44.0. The molecular weight excluding hydrogens is 801 g/mol. The third-order valence-electron chi connectivity index (χ3n) is 11.0. The molecule has 0 radical (unpaired) electrons. The van der Waals surface area contributed by atoms with Crippen LogP contribution in [0.25, 0.3) is 10.8 Å². The summed E-state index contributed by atoms with van der Waals surface area (Å²) < 4.78 is 11.5. The number of nitrogens with one attached hydrogen (secondary N) is 3. The van der Waals surface area contributed by atoms with Gasteiger partial charge in [-0.3, -0.25) is 33.3 Å². The van der Waals surface area contributed by atoms with Crippen molar-refractivity contribution in [2.45, 2.75) is 82.0 Å². The van der Waals surface area contributed by atoms with E-state index in [9.17, 15) is 48.2 Å². The van der Waals surface area contributed by atoms with Crippen LogP contribution in [0.1, 0.15) is 67.2 Å². The average molecular weight is 856 g/mol. The van der Waals surface area contributed by atoms with Crippen molar-refractivity contribution in [3.8, 4) is 0 Å². The highest BCUT2D eigenvalue weighted by Gasteiger charge is 2.46. The van der Waals surface area contributed by atoms with Crippen molar-refractivity contribution in [2.24, 2.45) is 11.7 Å². The second kappa shape index (κ2) is 21.6. The molecule has 5 rings (SSSR count). The van der Waals surface area contributed by atoms with E-state index in [0.717, 1.165) is 21.9 Å². The third kappa shape index (κ3) is 14.1. The van der Waals surface area contributed by atoms with E-state index in [1.54, 1.807) is 17.0 Å². The summed E-state index contributed by atoms with van der Waals surface area (Å²) in [4.78, 5) is 99.9. The van der Waals surface area contributed by atoms with E-state index < -0.39 is 73.7 Å². The van der Waals surface area contributed by atoms with E-state index in [2.05, 4.69) is 16.0 Å². The Hall–Kier alpha value is -5.89. The number of carboxylic acids is 1. The first-order valence-corrected chi connectivity index (χ1v) is 22.2. The van der Waals surface area contributed by atoms with Gasteiger partial charge in [-0.05, 0) is 78.0 Å². The first kappa shape index (κ1) is 46.2. The number of piperidine rings is 1. The van der Waals surface area contributed by atoms with Crippen LogP contribution in [0.3, 0.4) is 0 Å². The minimum absolute atomic E-state index is 0.0677. The van der Waals surface area contributed by atoms with Crippen molar-refractivity contribution in [3.63, 3.8) is 0 Å². The van der Waals surface area contributed by atoms with E-state index in [-0.39, 0.29) is 51.2 Å². The molecule has 0 unspecified atom stereocenters. The summed E-state index contributed by atoms with van der Waals surface area (Å²) >= 11 is 0. The lowest BCUT2D eigenvalue weighted by atomic mass is 9.84. The predicted octanol–water partition coefficient (Wildman–Crippen LogP) is 3.76. The zero-order valence-electron chi connectivity index (χ0n) is 34.0. The van der Waals surface area contributed by atoms with Gasteiger partial charge in [-0.15, -0.1) is 0 Å². The van der Waals surface area contributed by atoms with Gasteiger partial charge in [0.1, 0.15) is 11.6 Å². The number of fused-ring (bicyclic) bond motifs is 1. The second-order valence-corrected chi connectivity index (χ2v) is 17.3. The molecule has 1 aliphatic rings. The number of carbonyl (C=O) groups is 6. The highest BCUT2D eigenvalue weighted by Crippen LogP contribution is 2.39. The molecule has 0 aromatic heterocycles. The number of carboxylic acid groups (broad SMARTS) is 1. The second-order valence-electron chi connectivity index (χ2n) is 15.7. The standard InChI is InChI=1S/C45H54N5O10P/c46-39(51)29-38(43(56)47-24-8-15-35-14-7-13-34-12-4-5-16-37(34)35)48-44(57)45(22-25-50(26-23-45)40(52)17-6-11-31-9-2-1-3-10-31)49-42(55)36(28-41(53)54)27-32-18-20-33(21-19-32)30-61(58,59)60/h1-5,7,9-10,12-14,16,18-21,36,38H,6,8,11,15,17,22-30H2,(H2,46,51)(H,47,56)(H,48,57)(H,49,55)(H,53,54)(H2,58,59,60)/t36-,38+/m1/s1. The minimum atomic E-state index is -4.34. The molecule has 4 aromatic rings. The molecule has 5 amide bonds. The van der Waals surface area contributed by atoms with Gasteiger partial charge in [0.25, 0.3) is 0 Å². The van der Waals surface area contributed by atoms with Gasteiger partial charge in [0.2, 0.25) is 29.5 Å². The molecule has 8 N–H and O–H groups in total. The Morgan fingerprint density at radius 1 is 0.754 bits per heavy atom. The molecule has 1 saturated heterocycles. The molecule has 1 fully saturated rings. The molecule has 1 aliphatic heterocycles. The number of likely N-dealkylation sites (tertiary alicyclic amines) is 1.